The fraction of sp³-hybridized carbons (Fsp3) is 0.375. The topological polar surface area (TPSA) is 96.9 Å². The molecule has 1 rings (SSSR count). The Bertz CT molecular complexity index is 297. The van der Waals surface area contributed by atoms with E-state index in [0.29, 0.717) is 24.7 Å². The summed E-state index contributed by atoms with van der Waals surface area (Å²) in [7, 11) is 1.63. The molecule has 1 heterocycles. The van der Waals surface area contributed by atoms with Crippen LogP contribution in [-0.4, -0.2) is 36.1 Å². The molecule has 6 nitrogen and oxygen atoms in total. The molecule has 6 heteroatoms. The van der Waals surface area contributed by atoms with Crippen molar-refractivity contribution in [3.8, 4) is 0 Å². The lowest BCUT2D eigenvalue weighted by atomic mass is 10.4. The Kier molecular flexibility index (Phi) is 3.81. The van der Waals surface area contributed by atoms with Crippen LogP contribution in [0, 0.1) is 5.41 Å². The minimum absolute atomic E-state index is 0.0825. The first-order valence-electron chi connectivity index (χ1n) is 4.13. The van der Waals surface area contributed by atoms with Gasteiger partial charge in [0.25, 0.3) is 0 Å². The van der Waals surface area contributed by atoms with Gasteiger partial charge in [-0.05, 0) is 0 Å². The summed E-state index contributed by atoms with van der Waals surface area (Å²) in [6.07, 6.45) is 2.99. The number of rotatable bonds is 5. The molecule has 0 aliphatic heterocycles. The van der Waals surface area contributed by atoms with Crippen molar-refractivity contribution in [2.45, 2.75) is 0 Å². The van der Waals surface area contributed by atoms with Crippen LogP contribution in [0.4, 0.5) is 5.82 Å². The van der Waals surface area contributed by atoms with E-state index < -0.39 is 0 Å². The van der Waals surface area contributed by atoms with E-state index in [1.54, 1.807) is 7.11 Å². The number of nitrogens with zero attached hydrogens (tertiary/aromatic N) is 2. The van der Waals surface area contributed by atoms with Crippen molar-refractivity contribution in [3.63, 3.8) is 0 Å². The van der Waals surface area contributed by atoms with Gasteiger partial charge >= 0.3 is 0 Å². The third-order valence-corrected chi connectivity index (χ3v) is 1.54. The van der Waals surface area contributed by atoms with Crippen molar-refractivity contribution < 1.29 is 4.74 Å². The lowest BCUT2D eigenvalue weighted by molar-refractivity contribution is 0.210. The number of aromatic nitrogens is 2. The minimum Gasteiger partial charge on any atom is -0.383 e. The molecule has 0 saturated heterocycles. The highest BCUT2D eigenvalue weighted by atomic mass is 16.5. The molecule has 14 heavy (non-hydrogen) atoms. The molecule has 0 amide bonds. The molecule has 0 aromatic carbocycles. The van der Waals surface area contributed by atoms with Crippen LogP contribution in [0.3, 0.4) is 0 Å². The van der Waals surface area contributed by atoms with Crippen LogP contribution in [0.5, 0.6) is 0 Å². The van der Waals surface area contributed by atoms with Gasteiger partial charge in [0.15, 0.2) is 0 Å². The number of hydrogen-bond acceptors (Lipinski definition) is 5. The van der Waals surface area contributed by atoms with Crippen LogP contribution >= 0.6 is 0 Å². The standard InChI is InChI=1S/C8H13N5O/c1-14-3-2-11-7-5-12-6(4-13-7)8(9)10/h4-5H,2-3H2,1H3,(H3,9,10)(H,11,13). The summed E-state index contributed by atoms with van der Waals surface area (Å²) < 4.78 is 4.86. The summed E-state index contributed by atoms with van der Waals surface area (Å²) >= 11 is 0. The molecule has 0 saturated carbocycles. The maximum atomic E-state index is 7.11. The largest absolute Gasteiger partial charge is 0.383 e. The van der Waals surface area contributed by atoms with Crippen molar-refractivity contribution >= 4 is 11.7 Å². The van der Waals surface area contributed by atoms with E-state index in [0.717, 1.165) is 0 Å². The Balaban J connectivity index is 2.51. The van der Waals surface area contributed by atoms with Crippen LogP contribution in [0.1, 0.15) is 5.69 Å². The fourth-order valence-electron chi connectivity index (χ4n) is 0.840. The molecule has 0 aliphatic carbocycles. The Morgan fingerprint density at radius 3 is 2.86 bits per heavy atom. The van der Waals surface area contributed by atoms with Crippen LogP contribution in [0.15, 0.2) is 12.4 Å². The number of anilines is 1. The average Bonchev–Trinajstić information content (AvgIpc) is 2.19. The summed E-state index contributed by atoms with van der Waals surface area (Å²) in [6, 6.07) is 0. The van der Waals surface area contributed by atoms with Crippen LogP contribution in [-0.2, 0) is 4.74 Å². The van der Waals surface area contributed by atoms with Gasteiger partial charge in [0.05, 0.1) is 19.0 Å². The van der Waals surface area contributed by atoms with Crippen molar-refractivity contribution in [1.82, 2.24) is 9.97 Å². The normalized spacial score (nSPS) is 9.79. The lowest BCUT2D eigenvalue weighted by Crippen LogP contribution is -2.14. The summed E-state index contributed by atoms with van der Waals surface area (Å²) in [5.74, 6) is 0.563. The summed E-state index contributed by atoms with van der Waals surface area (Å²) in [5.41, 5.74) is 5.60. The molecule has 0 atom stereocenters. The second-order valence-electron chi connectivity index (χ2n) is 2.62. The van der Waals surface area contributed by atoms with E-state index in [4.69, 9.17) is 15.9 Å². The van der Waals surface area contributed by atoms with E-state index in [1.165, 1.54) is 12.4 Å². The molecular formula is C8H13N5O. The van der Waals surface area contributed by atoms with Crippen molar-refractivity contribution in [2.24, 2.45) is 5.73 Å². The molecule has 4 N–H and O–H groups in total. The zero-order chi connectivity index (χ0) is 10.4. The summed E-state index contributed by atoms with van der Waals surface area (Å²) in [6.45, 7) is 1.28. The number of nitrogens with two attached hydrogens (primary N) is 1. The smallest absolute Gasteiger partial charge is 0.144 e. The monoisotopic (exact) mass is 195 g/mol. The van der Waals surface area contributed by atoms with Gasteiger partial charge in [-0.1, -0.05) is 0 Å². The molecule has 0 spiro atoms. The second-order valence-corrected chi connectivity index (χ2v) is 2.62. The van der Waals surface area contributed by atoms with E-state index in [2.05, 4.69) is 15.3 Å². The van der Waals surface area contributed by atoms with Crippen LogP contribution in [0.2, 0.25) is 0 Å². The number of amidine groups is 1. The molecule has 0 radical (unpaired) electrons. The minimum atomic E-state index is -0.0825. The fourth-order valence-corrected chi connectivity index (χ4v) is 0.840. The maximum absolute atomic E-state index is 7.11. The first-order chi connectivity index (χ1) is 6.74. The molecule has 0 bridgehead atoms. The average molecular weight is 195 g/mol. The van der Waals surface area contributed by atoms with Gasteiger partial charge in [-0.2, -0.15) is 0 Å². The van der Waals surface area contributed by atoms with E-state index in [-0.39, 0.29) is 5.84 Å². The molecule has 1 aromatic rings. The third kappa shape index (κ3) is 2.98. The molecule has 0 fully saturated rings. The van der Waals surface area contributed by atoms with Gasteiger partial charge in [0.2, 0.25) is 0 Å². The highest BCUT2D eigenvalue weighted by molar-refractivity contribution is 5.92. The van der Waals surface area contributed by atoms with Crippen molar-refractivity contribution in [3.05, 3.63) is 18.1 Å². The van der Waals surface area contributed by atoms with Gasteiger partial charge in [-0.25, -0.2) is 9.97 Å². The van der Waals surface area contributed by atoms with Crippen LogP contribution in [0.25, 0.3) is 0 Å². The number of methoxy groups -OCH3 is 1. The summed E-state index contributed by atoms with van der Waals surface area (Å²) in [5, 5.41) is 10.1. The predicted octanol–water partition coefficient (Wildman–Crippen LogP) is -0.181. The Hall–Kier alpha value is -1.69. The van der Waals surface area contributed by atoms with E-state index in [1.807, 2.05) is 0 Å². The van der Waals surface area contributed by atoms with Gasteiger partial charge < -0.3 is 15.8 Å². The number of hydrogen-bond donors (Lipinski definition) is 3. The van der Waals surface area contributed by atoms with Gasteiger partial charge in [-0.3, -0.25) is 5.41 Å². The maximum Gasteiger partial charge on any atom is 0.144 e. The molecule has 0 aliphatic rings. The number of nitrogens with one attached hydrogen (secondary N) is 2. The summed E-state index contributed by atoms with van der Waals surface area (Å²) in [4.78, 5) is 7.96. The number of nitrogen functional groups attached to an aromatic ring is 1. The van der Waals surface area contributed by atoms with Gasteiger partial charge in [0.1, 0.15) is 17.3 Å². The van der Waals surface area contributed by atoms with Gasteiger partial charge in [-0.15, -0.1) is 0 Å². The predicted molar refractivity (Wildman–Crippen MR) is 53.4 cm³/mol. The highest BCUT2D eigenvalue weighted by Crippen LogP contribution is 1.99. The molecule has 1 aromatic heterocycles. The first-order valence-corrected chi connectivity index (χ1v) is 4.13. The zero-order valence-electron chi connectivity index (χ0n) is 7.95. The first kappa shape index (κ1) is 10.4. The Morgan fingerprint density at radius 2 is 2.36 bits per heavy atom. The van der Waals surface area contributed by atoms with Gasteiger partial charge in [0, 0.05) is 13.7 Å². The Labute approximate surface area is 82.0 Å². The molecular weight excluding hydrogens is 182 g/mol. The Morgan fingerprint density at radius 1 is 1.57 bits per heavy atom. The van der Waals surface area contributed by atoms with E-state index in [9.17, 15) is 0 Å². The quantitative estimate of drug-likeness (QED) is 0.344. The lowest BCUT2D eigenvalue weighted by Gasteiger charge is -2.04. The van der Waals surface area contributed by atoms with Crippen LogP contribution < -0.4 is 11.1 Å². The SMILES string of the molecule is COCCNc1cnc(C(=N)N)cn1. The highest BCUT2D eigenvalue weighted by Gasteiger charge is 1.98. The van der Waals surface area contributed by atoms with Crippen molar-refractivity contribution in [2.75, 3.05) is 25.6 Å². The number of ether oxygens (including phenoxy) is 1. The molecule has 76 valence electrons. The van der Waals surface area contributed by atoms with Crippen molar-refractivity contribution in [1.29, 1.82) is 5.41 Å². The molecule has 0 unspecified atom stereocenters. The van der Waals surface area contributed by atoms with E-state index >= 15 is 0 Å². The third-order valence-electron chi connectivity index (χ3n) is 1.54. The second kappa shape index (κ2) is 5.13. The zero-order valence-corrected chi connectivity index (χ0v) is 7.95.